The summed E-state index contributed by atoms with van der Waals surface area (Å²) in [6, 6.07) is 5.67. The highest BCUT2D eigenvalue weighted by Gasteiger charge is 2.39. The first-order valence-corrected chi connectivity index (χ1v) is 7.15. The summed E-state index contributed by atoms with van der Waals surface area (Å²) in [6.07, 6.45) is 3.57. The number of nitrogens with one attached hydrogen (secondary N) is 1. The number of benzene rings is 1. The summed E-state index contributed by atoms with van der Waals surface area (Å²) in [7, 11) is 4.18. The van der Waals surface area contributed by atoms with Gasteiger partial charge in [0.15, 0.2) is 0 Å². The minimum absolute atomic E-state index is 0.00141. The Morgan fingerprint density at radius 3 is 2.63 bits per heavy atom. The van der Waals surface area contributed by atoms with Crippen molar-refractivity contribution in [1.29, 1.82) is 0 Å². The van der Waals surface area contributed by atoms with Gasteiger partial charge in [-0.25, -0.2) is 0 Å². The van der Waals surface area contributed by atoms with E-state index in [1.165, 1.54) is 6.42 Å². The molecule has 0 heterocycles. The molecule has 0 saturated heterocycles. The van der Waals surface area contributed by atoms with Gasteiger partial charge in [-0.15, -0.1) is 12.6 Å². The van der Waals surface area contributed by atoms with Gasteiger partial charge < -0.3 is 10.2 Å². The number of aryl methyl sites for hydroxylation is 1. The van der Waals surface area contributed by atoms with Crippen LogP contribution in [0.1, 0.15) is 35.2 Å². The Morgan fingerprint density at radius 1 is 1.42 bits per heavy atom. The van der Waals surface area contributed by atoms with E-state index in [9.17, 15) is 4.79 Å². The zero-order valence-corrected chi connectivity index (χ0v) is 12.8. The Labute approximate surface area is 120 Å². The molecule has 1 N–H and O–H groups in total. The highest BCUT2D eigenvalue weighted by molar-refractivity contribution is 7.80. The minimum atomic E-state index is 0.00141. The fourth-order valence-electron chi connectivity index (χ4n) is 2.56. The van der Waals surface area contributed by atoms with Crippen LogP contribution in [0.2, 0.25) is 0 Å². The van der Waals surface area contributed by atoms with Crippen LogP contribution in [0.15, 0.2) is 23.1 Å². The van der Waals surface area contributed by atoms with E-state index < -0.39 is 0 Å². The predicted octanol–water partition coefficient (Wildman–Crippen LogP) is 2.50. The predicted molar refractivity (Wildman–Crippen MR) is 81.0 cm³/mol. The molecule has 0 atom stereocenters. The number of amides is 1. The average Bonchev–Trinajstić information content (AvgIpc) is 2.30. The van der Waals surface area contributed by atoms with Crippen LogP contribution in [0.25, 0.3) is 0 Å². The molecule has 3 nitrogen and oxygen atoms in total. The summed E-state index contributed by atoms with van der Waals surface area (Å²) in [5.74, 6) is 0.00141. The third kappa shape index (κ3) is 2.95. The molecule has 2 rings (SSSR count). The fourth-order valence-corrected chi connectivity index (χ4v) is 2.77. The van der Waals surface area contributed by atoms with Gasteiger partial charge in [0.25, 0.3) is 5.91 Å². The Morgan fingerprint density at radius 2 is 2.11 bits per heavy atom. The molecule has 0 bridgehead atoms. The van der Waals surface area contributed by atoms with Crippen molar-refractivity contribution in [1.82, 2.24) is 10.2 Å². The normalized spacial score (nSPS) is 17.1. The van der Waals surface area contributed by atoms with Gasteiger partial charge in [-0.2, -0.15) is 0 Å². The molecule has 1 fully saturated rings. The summed E-state index contributed by atoms with van der Waals surface area (Å²) in [4.78, 5) is 15.3. The van der Waals surface area contributed by atoms with Crippen LogP contribution in [0.4, 0.5) is 0 Å². The lowest BCUT2D eigenvalue weighted by Gasteiger charge is -2.47. The summed E-state index contributed by atoms with van der Waals surface area (Å²) in [6.45, 7) is 2.67. The van der Waals surface area contributed by atoms with E-state index in [2.05, 4.69) is 36.9 Å². The molecule has 19 heavy (non-hydrogen) atoms. The number of carbonyl (C=O) groups is 1. The molecule has 1 saturated carbocycles. The van der Waals surface area contributed by atoms with Crippen LogP contribution in [0, 0.1) is 6.92 Å². The molecule has 0 spiro atoms. The number of hydrogen-bond donors (Lipinski definition) is 2. The van der Waals surface area contributed by atoms with Crippen molar-refractivity contribution < 1.29 is 4.79 Å². The van der Waals surface area contributed by atoms with Crippen LogP contribution in [0.3, 0.4) is 0 Å². The van der Waals surface area contributed by atoms with Gasteiger partial charge >= 0.3 is 0 Å². The third-order valence-corrected chi connectivity index (χ3v) is 4.55. The molecular weight excluding hydrogens is 256 g/mol. The van der Waals surface area contributed by atoms with Crippen molar-refractivity contribution in [2.75, 3.05) is 20.6 Å². The highest BCUT2D eigenvalue weighted by atomic mass is 32.1. The van der Waals surface area contributed by atoms with Crippen molar-refractivity contribution in [3.05, 3.63) is 29.3 Å². The van der Waals surface area contributed by atoms with Crippen molar-refractivity contribution in [2.24, 2.45) is 0 Å². The van der Waals surface area contributed by atoms with Crippen LogP contribution >= 0.6 is 12.6 Å². The van der Waals surface area contributed by atoms with Crippen molar-refractivity contribution in [3.8, 4) is 0 Å². The van der Waals surface area contributed by atoms with Gasteiger partial charge in [-0.05, 0) is 58.0 Å². The van der Waals surface area contributed by atoms with Crippen LogP contribution < -0.4 is 5.32 Å². The molecule has 0 aliphatic heterocycles. The number of nitrogens with zero attached hydrogens (tertiary/aromatic N) is 1. The summed E-state index contributed by atoms with van der Waals surface area (Å²) in [5.41, 5.74) is 1.87. The molecule has 1 aliphatic carbocycles. The fraction of sp³-hybridized carbons (Fsp3) is 0.533. The van der Waals surface area contributed by atoms with Crippen LogP contribution in [-0.4, -0.2) is 37.0 Å². The summed E-state index contributed by atoms with van der Waals surface area (Å²) in [5, 5.41) is 3.08. The molecule has 104 valence electrons. The van der Waals surface area contributed by atoms with Crippen molar-refractivity contribution in [2.45, 2.75) is 36.6 Å². The molecular formula is C15H22N2OS. The third-order valence-electron chi connectivity index (χ3n) is 4.28. The molecule has 1 aromatic carbocycles. The first-order chi connectivity index (χ1) is 8.94. The zero-order chi connectivity index (χ0) is 14.0. The maximum Gasteiger partial charge on any atom is 0.251 e. The average molecular weight is 278 g/mol. The van der Waals surface area contributed by atoms with E-state index in [-0.39, 0.29) is 11.4 Å². The number of thiol groups is 1. The lowest BCUT2D eigenvalue weighted by Crippen LogP contribution is -2.57. The Kier molecular flexibility index (Phi) is 4.21. The van der Waals surface area contributed by atoms with Crippen LogP contribution in [-0.2, 0) is 0 Å². The largest absolute Gasteiger partial charge is 0.350 e. The van der Waals surface area contributed by atoms with E-state index >= 15 is 0 Å². The number of likely N-dealkylation sites (N-methyl/N-ethyl adjacent to an activating group) is 1. The Hall–Kier alpha value is -1.00. The van der Waals surface area contributed by atoms with E-state index in [1.807, 2.05) is 25.1 Å². The SMILES string of the molecule is Cc1ccc(S)cc1C(=O)NCC1(N(C)C)CCC1. The maximum atomic E-state index is 12.3. The van der Waals surface area contributed by atoms with E-state index in [1.54, 1.807) is 0 Å². The van der Waals surface area contributed by atoms with Gasteiger partial charge in [0.1, 0.15) is 0 Å². The molecule has 1 amide bonds. The van der Waals surface area contributed by atoms with Crippen molar-refractivity contribution >= 4 is 18.5 Å². The zero-order valence-electron chi connectivity index (χ0n) is 11.9. The quantitative estimate of drug-likeness (QED) is 0.830. The number of hydrogen-bond acceptors (Lipinski definition) is 3. The number of rotatable bonds is 4. The minimum Gasteiger partial charge on any atom is -0.350 e. The van der Waals surface area contributed by atoms with Crippen molar-refractivity contribution in [3.63, 3.8) is 0 Å². The second-order valence-corrected chi connectivity index (χ2v) is 6.17. The van der Waals surface area contributed by atoms with Gasteiger partial charge in [0.2, 0.25) is 0 Å². The lowest BCUT2D eigenvalue weighted by atomic mass is 9.75. The second kappa shape index (κ2) is 5.55. The first kappa shape index (κ1) is 14.4. The molecule has 0 unspecified atom stereocenters. The van der Waals surface area contributed by atoms with E-state index in [4.69, 9.17) is 0 Å². The molecule has 0 radical (unpaired) electrons. The summed E-state index contributed by atoms with van der Waals surface area (Å²) < 4.78 is 0. The van der Waals surface area contributed by atoms with E-state index in [0.29, 0.717) is 0 Å². The monoisotopic (exact) mass is 278 g/mol. The Balaban J connectivity index is 2.03. The topological polar surface area (TPSA) is 32.3 Å². The summed E-state index contributed by atoms with van der Waals surface area (Å²) >= 11 is 4.30. The standard InChI is InChI=1S/C15H22N2OS/c1-11-5-6-12(19)9-13(11)14(18)16-10-15(17(2)3)7-4-8-15/h5-6,9,19H,4,7-8,10H2,1-3H3,(H,16,18). The van der Waals surface area contributed by atoms with Gasteiger partial charge in [-0.1, -0.05) is 6.07 Å². The molecule has 4 heteroatoms. The molecule has 0 aromatic heterocycles. The first-order valence-electron chi connectivity index (χ1n) is 6.70. The van der Waals surface area contributed by atoms with E-state index in [0.717, 1.165) is 35.4 Å². The number of carbonyl (C=O) groups excluding carboxylic acids is 1. The van der Waals surface area contributed by atoms with Gasteiger partial charge in [0.05, 0.1) is 0 Å². The lowest BCUT2D eigenvalue weighted by molar-refractivity contribution is 0.0557. The highest BCUT2D eigenvalue weighted by Crippen LogP contribution is 2.35. The van der Waals surface area contributed by atoms with Gasteiger partial charge in [-0.3, -0.25) is 4.79 Å². The Bertz CT molecular complexity index is 481. The second-order valence-electron chi connectivity index (χ2n) is 5.65. The maximum absolute atomic E-state index is 12.3. The smallest absolute Gasteiger partial charge is 0.251 e. The van der Waals surface area contributed by atoms with Gasteiger partial charge in [0, 0.05) is 22.5 Å². The molecule has 1 aliphatic rings. The van der Waals surface area contributed by atoms with Crippen LogP contribution in [0.5, 0.6) is 0 Å². The molecule has 1 aromatic rings.